The van der Waals surface area contributed by atoms with Crippen LogP contribution in [-0.4, -0.2) is 33.6 Å². The van der Waals surface area contributed by atoms with Crippen molar-refractivity contribution in [3.63, 3.8) is 0 Å². The summed E-state index contributed by atoms with van der Waals surface area (Å²) in [5.74, 6) is 0.929. The van der Waals surface area contributed by atoms with E-state index in [0.29, 0.717) is 13.0 Å². The van der Waals surface area contributed by atoms with Crippen LogP contribution in [0.25, 0.3) is 11.0 Å². The summed E-state index contributed by atoms with van der Waals surface area (Å²) in [5.41, 5.74) is 2.83. The number of imidazole rings is 1. The number of carbonyl (C=O) groups is 1. The van der Waals surface area contributed by atoms with Crippen LogP contribution in [0, 0.1) is 0 Å². The SMILES string of the molecule is COc1ccc([C@@H]2CCCCCN2C(=O)CCn2c(=O)n(C)c3ccccc32)cc1. The van der Waals surface area contributed by atoms with Gasteiger partial charge in [-0.2, -0.15) is 0 Å². The molecule has 0 saturated carbocycles. The third-order valence-corrected chi connectivity index (χ3v) is 6.17. The number of methoxy groups -OCH3 is 1. The van der Waals surface area contributed by atoms with Gasteiger partial charge in [-0.05, 0) is 42.7 Å². The Hall–Kier alpha value is -3.02. The van der Waals surface area contributed by atoms with E-state index in [1.807, 2.05) is 41.3 Å². The van der Waals surface area contributed by atoms with E-state index in [0.717, 1.165) is 54.6 Å². The van der Waals surface area contributed by atoms with Crippen LogP contribution in [0.4, 0.5) is 0 Å². The van der Waals surface area contributed by atoms with E-state index < -0.39 is 0 Å². The van der Waals surface area contributed by atoms with Gasteiger partial charge in [0.1, 0.15) is 5.75 Å². The average molecular weight is 408 g/mol. The molecule has 1 amide bonds. The minimum Gasteiger partial charge on any atom is -0.497 e. The number of ether oxygens (including phenoxy) is 1. The molecule has 1 aliphatic rings. The van der Waals surface area contributed by atoms with Gasteiger partial charge in [-0.15, -0.1) is 0 Å². The van der Waals surface area contributed by atoms with Crippen LogP contribution < -0.4 is 10.4 Å². The molecule has 1 aromatic heterocycles. The first-order valence-corrected chi connectivity index (χ1v) is 10.7. The minimum atomic E-state index is -0.0772. The van der Waals surface area contributed by atoms with Crippen molar-refractivity contribution in [2.75, 3.05) is 13.7 Å². The average Bonchev–Trinajstić information content (AvgIpc) is 2.94. The molecule has 2 heterocycles. The number of fused-ring (bicyclic) bond motifs is 1. The number of carbonyl (C=O) groups excluding carboxylic acids is 1. The summed E-state index contributed by atoms with van der Waals surface area (Å²) in [7, 11) is 3.43. The van der Waals surface area contributed by atoms with Crippen LogP contribution in [0.1, 0.15) is 43.7 Å². The molecule has 0 aliphatic carbocycles. The first kappa shape index (κ1) is 20.3. The van der Waals surface area contributed by atoms with Gasteiger partial charge in [0.05, 0.1) is 24.2 Å². The molecule has 0 unspecified atom stereocenters. The van der Waals surface area contributed by atoms with Gasteiger partial charge < -0.3 is 9.64 Å². The highest BCUT2D eigenvalue weighted by Gasteiger charge is 2.27. The lowest BCUT2D eigenvalue weighted by atomic mass is 10.0. The number of hydrogen-bond donors (Lipinski definition) is 0. The summed E-state index contributed by atoms with van der Waals surface area (Å²) in [6.07, 6.45) is 4.56. The van der Waals surface area contributed by atoms with Gasteiger partial charge in [0.25, 0.3) is 0 Å². The second-order valence-corrected chi connectivity index (χ2v) is 7.96. The lowest BCUT2D eigenvalue weighted by Gasteiger charge is -2.31. The Balaban J connectivity index is 1.55. The number of aryl methyl sites for hydroxylation is 2. The molecular formula is C24H29N3O3. The van der Waals surface area contributed by atoms with Gasteiger partial charge in [0, 0.05) is 26.6 Å². The highest BCUT2D eigenvalue weighted by atomic mass is 16.5. The predicted octanol–water partition coefficient (Wildman–Crippen LogP) is 3.88. The lowest BCUT2D eigenvalue weighted by Crippen LogP contribution is -2.36. The van der Waals surface area contributed by atoms with Gasteiger partial charge >= 0.3 is 5.69 Å². The molecule has 0 bridgehead atoms. The van der Waals surface area contributed by atoms with Gasteiger partial charge in [-0.1, -0.05) is 37.1 Å². The fourth-order valence-electron chi connectivity index (χ4n) is 4.51. The standard InChI is InChI=1S/C24H29N3O3/c1-25-21-9-5-6-10-22(21)27(24(25)29)17-15-23(28)26-16-7-3-4-8-20(26)18-11-13-19(30-2)14-12-18/h5-6,9-14,20H,3-4,7-8,15-17H2,1-2H3/t20-/m0/s1. The molecule has 0 radical (unpaired) electrons. The van der Waals surface area contributed by atoms with Crippen molar-refractivity contribution in [1.29, 1.82) is 0 Å². The van der Waals surface area contributed by atoms with Crippen LogP contribution in [0.5, 0.6) is 5.75 Å². The molecule has 1 fully saturated rings. The zero-order valence-corrected chi connectivity index (χ0v) is 17.7. The number of para-hydroxylation sites is 2. The third kappa shape index (κ3) is 3.86. The third-order valence-electron chi connectivity index (χ3n) is 6.17. The number of benzene rings is 2. The van der Waals surface area contributed by atoms with Crippen molar-refractivity contribution in [1.82, 2.24) is 14.0 Å². The molecule has 2 aromatic carbocycles. The van der Waals surface area contributed by atoms with E-state index in [4.69, 9.17) is 4.74 Å². The molecule has 1 saturated heterocycles. The Morgan fingerprint density at radius 2 is 1.77 bits per heavy atom. The molecule has 6 heteroatoms. The molecule has 4 rings (SSSR count). The molecule has 30 heavy (non-hydrogen) atoms. The second-order valence-electron chi connectivity index (χ2n) is 7.96. The van der Waals surface area contributed by atoms with Crippen LogP contribution in [0.15, 0.2) is 53.3 Å². The van der Waals surface area contributed by atoms with Crippen LogP contribution in [-0.2, 0) is 18.4 Å². The zero-order chi connectivity index (χ0) is 21.1. The predicted molar refractivity (Wildman–Crippen MR) is 118 cm³/mol. The molecule has 158 valence electrons. The minimum absolute atomic E-state index is 0.0772. The van der Waals surface area contributed by atoms with E-state index in [1.165, 1.54) is 0 Å². The lowest BCUT2D eigenvalue weighted by molar-refractivity contribution is -0.133. The number of likely N-dealkylation sites (tertiary alicyclic amines) is 1. The van der Waals surface area contributed by atoms with Crippen molar-refractivity contribution in [2.45, 2.75) is 44.7 Å². The number of aromatic nitrogens is 2. The second kappa shape index (κ2) is 8.78. The van der Waals surface area contributed by atoms with E-state index in [9.17, 15) is 9.59 Å². The van der Waals surface area contributed by atoms with E-state index in [1.54, 1.807) is 23.3 Å². The van der Waals surface area contributed by atoms with E-state index in [2.05, 4.69) is 12.1 Å². The van der Waals surface area contributed by atoms with Crippen molar-refractivity contribution in [3.05, 3.63) is 64.6 Å². The molecule has 0 spiro atoms. The Morgan fingerprint density at radius 1 is 1.03 bits per heavy atom. The zero-order valence-electron chi connectivity index (χ0n) is 17.7. The molecule has 6 nitrogen and oxygen atoms in total. The van der Waals surface area contributed by atoms with Crippen LogP contribution in [0.3, 0.4) is 0 Å². The highest BCUT2D eigenvalue weighted by Crippen LogP contribution is 2.31. The largest absolute Gasteiger partial charge is 0.497 e. The molecule has 3 aromatic rings. The van der Waals surface area contributed by atoms with Crippen molar-refractivity contribution in [3.8, 4) is 5.75 Å². The van der Waals surface area contributed by atoms with Gasteiger partial charge in [-0.25, -0.2) is 4.79 Å². The molecule has 1 aliphatic heterocycles. The Bertz CT molecular complexity index is 1080. The normalized spacial score (nSPS) is 17.1. The first-order valence-electron chi connectivity index (χ1n) is 10.7. The Morgan fingerprint density at radius 3 is 2.50 bits per heavy atom. The summed E-state index contributed by atoms with van der Waals surface area (Å²) < 4.78 is 8.64. The Labute approximate surface area is 176 Å². The van der Waals surface area contributed by atoms with Crippen LogP contribution >= 0.6 is 0 Å². The number of rotatable bonds is 5. The summed E-state index contributed by atoms with van der Waals surface area (Å²) in [4.78, 5) is 28.0. The summed E-state index contributed by atoms with van der Waals surface area (Å²) >= 11 is 0. The first-order chi connectivity index (χ1) is 14.6. The Kier molecular flexibility index (Phi) is 5.93. The molecule has 1 atom stereocenters. The molecular weight excluding hydrogens is 378 g/mol. The van der Waals surface area contributed by atoms with Gasteiger partial charge in [0.2, 0.25) is 5.91 Å². The highest BCUT2D eigenvalue weighted by molar-refractivity contribution is 5.78. The van der Waals surface area contributed by atoms with Crippen LogP contribution in [0.2, 0.25) is 0 Å². The number of nitrogens with zero attached hydrogens (tertiary/aromatic N) is 3. The summed E-state index contributed by atoms with van der Waals surface area (Å²) in [5, 5.41) is 0. The van der Waals surface area contributed by atoms with Crippen molar-refractivity contribution in [2.24, 2.45) is 7.05 Å². The fraction of sp³-hybridized carbons (Fsp3) is 0.417. The maximum absolute atomic E-state index is 13.3. The van der Waals surface area contributed by atoms with Crippen molar-refractivity contribution < 1.29 is 9.53 Å². The van der Waals surface area contributed by atoms with Crippen molar-refractivity contribution >= 4 is 16.9 Å². The number of amides is 1. The quantitative estimate of drug-likeness (QED) is 0.645. The smallest absolute Gasteiger partial charge is 0.328 e. The maximum atomic E-state index is 13.3. The number of hydrogen-bond acceptors (Lipinski definition) is 3. The van der Waals surface area contributed by atoms with Gasteiger partial charge in [-0.3, -0.25) is 13.9 Å². The molecule has 0 N–H and O–H groups in total. The van der Waals surface area contributed by atoms with E-state index >= 15 is 0 Å². The maximum Gasteiger partial charge on any atom is 0.328 e. The van der Waals surface area contributed by atoms with Gasteiger partial charge in [0.15, 0.2) is 0 Å². The monoisotopic (exact) mass is 407 g/mol. The topological polar surface area (TPSA) is 56.5 Å². The summed E-state index contributed by atoms with van der Waals surface area (Å²) in [6, 6.07) is 15.8. The van der Waals surface area contributed by atoms with E-state index in [-0.39, 0.29) is 17.6 Å². The summed E-state index contributed by atoms with van der Waals surface area (Å²) in [6.45, 7) is 1.16. The fourth-order valence-corrected chi connectivity index (χ4v) is 4.51.